The molecule has 0 saturated heterocycles. The third-order valence-corrected chi connectivity index (χ3v) is 4.20. The quantitative estimate of drug-likeness (QED) is 0.757. The highest BCUT2D eigenvalue weighted by molar-refractivity contribution is 7.13. The van der Waals surface area contributed by atoms with E-state index < -0.39 is 0 Å². The number of nitrogens with zero attached hydrogens (tertiary/aromatic N) is 1. The van der Waals surface area contributed by atoms with E-state index in [1.54, 1.807) is 22.7 Å². The predicted molar refractivity (Wildman–Crippen MR) is 79.2 cm³/mol. The van der Waals surface area contributed by atoms with Crippen molar-refractivity contribution in [2.75, 3.05) is 5.32 Å². The average molecular weight is 272 g/mol. The van der Waals surface area contributed by atoms with Crippen LogP contribution in [0.2, 0.25) is 0 Å². The van der Waals surface area contributed by atoms with Gasteiger partial charge in [0.25, 0.3) is 0 Å². The Bertz CT molecular complexity index is 583. The van der Waals surface area contributed by atoms with E-state index in [0.717, 1.165) is 17.2 Å². The molecule has 2 heterocycles. The van der Waals surface area contributed by atoms with Crippen molar-refractivity contribution in [3.63, 3.8) is 0 Å². The Hall–Kier alpha value is -1.65. The van der Waals surface area contributed by atoms with Crippen LogP contribution < -0.4 is 5.32 Å². The molecule has 0 spiro atoms. The lowest BCUT2D eigenvalue weighted by Crippen LogP contribution is -1.97. The number of hydrogen-bond acceptors (Lipinski definition) is 4. The maximum absolute atomic E-state index is 4.30. The van der Waals surface area contributed by atoms with Crippen molar-refractivity contribution in [2.24, 2.45) is 0 Å². The van der Waals surface area contributed by atoms with Crippen LogP contribution in [0.5, 0.6) is 0 Å². The first-order valence-electron chi connectivity index (χ1n) is 5.67. The Balaban J connectivity index is 1.68. The lowest BCUT2D eigenvalue weighted by molar-refractivity contribution is 1.16. The Morgan fingerprint density at radius 1 is 1.06 bits per heavy atom. The molecule has 0 aliphatic heterocycles. The van der Waals surface area contributed by atoms with E-state index in [1.165, 1.54) is 11.1 Å². The highest BCUT2D eigenvalue weighted by Gasteiger charge is 2.00. The molecule has 90 valence electrons. The number of aromatic nitrogens is 1. The molecule has 1 aromatic carbocycles. The fourth-order valence-corrected chi connectivity index (χ4v) is 3.01. The minimum atomic E-state index is 0.875. The molecule has 0 atom stereocenters. The summed E-state index contributed by atoms with van der Waals surface area (Å²) in [4.78, 5) is 4.30. The number of benzene rings is 1. The van der Waals surface area contributed by atoms with Crippen LogP contribution in [-0.2, 0) is 6.54 Å². The standard InChI is InChI=1S/C14H12N2S2/c1-3-13(16-9-11-5-7-17-10-11)4-2-12(1)14-15-6-8-18-14/h1-8,10,16H,9H2. The van der Waals surface area contributed by atoms with Crippen molar-refractivity contribution in [3.05, 3.63) is 58.2 Å². The molecule has 2 nitrogen and oxygen atoms in total. The summed E-state index contributed by atoms with van der Waals surface area (Å²) in [6, 6.07) is 10.6. The van der Waals surface area contributed by atoms with E-state index in [4.69, 9.17) is 0 Å². The summed E-state index contributed by atoms with van der Waals surface area (Å²) in [5.41, 5.74) is 3.64. The van der Waals surface area contributed by atoms with Gasteiger partial charge in [0.2, 0.25) is 0 Å². The van der Waals surface area contributed by atoms with Crippen molar-refractivity contribution in [1.82, 2.24) is 4.98 Å². The van der Waals surface area contributed by atoms with Gasteiger partial charge in [-0.1, -0.05) is 0 Å². The van der Waals surface area contributed by atoms with Gasteiger partial charge in [-0.05, 0) is 46.7 Å². The lowest BCUT2D eigenvalue weighted by atomic mass is 10.2. The summed E-state index contributed by atoms with van der Waals surface area (Å²) in [7, 11) is 0. The summed E-state index contributed by atoms with van der Waals surface area (Å²) >= 11 is 3.39. The SMILES string of the molecule is c1csc(-c2ccc(NCc3ccsc3)cc2)n1. The fourth-order valence-electron chi connectivity index (χ4n) is 1.69. The highest BCUT2D eigenvalue weighted by Crippen LogP contribution is 2.23. The van der Waals surface area contributed by atoms with Crippen LogP contribution in [0, 0.1) is 0 Å². The number of thiazole rings is 1. The van der Waals surface area contributed by atoms with E-state index in [9.17, 15) is 0 Å². The zero-order chi connectivity index (χ0) is 12.2. The first-order valence-corrected chi connectivity index (χ1v) is 7.49. The maximum Gasteiger partial charge on any atom is 0.123 e. The van der Waals surface area contributed by atoms with Gasteiger partial charge in [0, 0.05) is 29.4 Å². The van der Waals surface area contributed by atoms with Gasteiger partial charge < -0.3 is 5.32 Å². The maximum atomic E-state index is 4.30. The van der Waals surface area contributed by atoms with Crippen molar-refractivity contribution in [3.8, 4) is 10.6 Å². The Kier molecular flexibility index (Phi) is 3.39. The van der Waals surface area contributed by atoms with E-state index in [0.29, 0.717) is 0 Å². The molecule has 0 unspecified atom stereocenters. The molecule has 0 fully saturated rings. The number of hydrogen-bond donors (Lipinski definition) is 1. The monoisotopic (exact) mass is 272 g/mol. The Morgan fingerprint density at radius 3 is 2.61 bits per heavy atom. The van der Waals surface area contributed by atoms with Crippen LogP contribution in [0.15, 0.2) is 52.7 Å². The number of nitrogens with one attached hydrogen (secondary N) is 1. The van der Waals surface area contributed by atoms with E-state index >= 15 is 0 Å². The minimum absolute atomic E-state index is 0.875. The van der Waals surface area contributed by atoms with E-state index in [1.807, 2.05) is 11.6 Å². The summed E-state index contributed by atoms with van der Waals surface area (Å²) < 4.78 is 0. The predicted octanol–water partition coefficient (Wildman–Crippen LogP) is 4.48. The molecule has 3 aromatic rings. The smallest absolute Gasteiger partial charge is 0.123 e. The zero-order valence-electron chi connectivity index (χ0n) is 9.67. The lowest BCUT2D eigenvalue weighted by Gasteiger charge is -2.05. The van der Waals surface area contributed by atoms with E-state index in [2.05, 4.69) is 51.4 Å². The van der Waals surface area contributed by atoms with Gasteiger partial charge in [-0.25, -0.2) is 4.98 Å². The molecular weight excluding hydrogens is 260 g/mol. The van der Waals surface area contributed by atoms with Gasteiger partial charge in [-0.15, -0.1) is 11.3 Å². The molecule has 0 radical (unpaired) electrons. The van der Waals surface area contributed by atoms with Gasteiger partial charge in [-0.2, -0.15) is 11.3 Å². The van der Waals surface area contributed by atoms with E-state index in [-0.39, 0.29) is 0 Å². The normalized spacial score (nSPS) is 10.4. The molecule has 0 amide bonds. The highest BCUT2D eigenvalue weighted by atomic mass is 32.1. The summed E-state index contributed by atoms with van der Waals surface area (Å²) in [6.45, 7) is 0.875. The topological polar surface area (TPSA) is 24.9 Å². The largest absolute Gasteiger partial charge is 0.381 e. The van der Waals surface area contributed by atoms with Crippen molar-refractivity contribution < 1.29 is 0 Å². The second-order valence-electron chi connectivity index (χ2n) is 3.90. The third-order valence-electron chi connectivity index (χ3n) is 2.64. The molecule has 0 aliphatic carbocycles. The molecular formula is C14H12N2S2. The van der Waals surface area contributed by atoms with Crippen LogP contribution in [0.3, 0.4) is 0 Å². The van der Waals surface area contributed by atoms with Crippen LogP contribution >= 0.6 is 22.7 Å². The van der Waals surface area contributed by atoms with Crippen LogP contribution in [0.25, 0.3) is 10.6 Å². The fraction of sp³-hybridized carbons (Fsp3) is 0.0714. The molecule has 1 N–H and O–H groups in total. The number of anilines is 1. The van der Waals surface area contributed by atoms with Gasteiger partial charge >= 0.3 is 0 Å². The average Bonchev–Trinajstić information content (AvgIpc) is 3.10. The van der Waals surface area contributed by atoms with Gasteiger partial charge in [0.15, 0.2) is 0 Å². The molecule has 4 heteroatoms. The second kappa shape index (κ2) is 5.33. The molecule has 0 saturated carbocycles. The zero-order valence-corrected chi connectivity index (χ0v) is 11.3. The molecule has 0 bridgehead atoms. The van der Waals surface area contributed by atoms with Crippen LogP contribution in [-0.4, -0.2) is 4.98 Å². The summed E-state index contributed by atoms with van der Waals surface area (Å²) in [5, 5.41) is 10.7. The Labute approximate surface area is 114 Å². The van der Waals surface area contributed by atoms with Crippen LogP contribution in [0.1, 0.15) is 5.56 Å². The number of rotatable bonds is 4. The summed E-state index contributed by atoms with van der Waals surface area (Å²) in [6.07, 6.45) is 1.84. The first-order chi connectivity index (χ1) is 8.92. The van der Waals surface area contributed by atoms with Gasteiger partial charge in [-0.3, -0.25) is 0 Å². The molecule has 0 aliphatic rings. The van der Waals surface area contributed by atoms with Crippen molar-refractivity contribution >= 4 is 28.4 Å². The van der Waals surface area contributed by atoms with Gasteiger partial charge in [0.05, 0.1) is 0 Å². The minimum Gasteiger partial charge on any atom is -0.381 e. The molecule has 18 heavy (non-hydrogen) atoms. The van der Waals surface area contributed by atoms with Gasteiger partial charge in [0.1, 0.15) is 5.01 Å². The first kappa shape index (κ1) is 11.4. The molecule has 3 rings (SSSR count). The Morgan fingerprint density at radius 2 is 1.94 bits per heavy atom. The summed E-state index contributed by atoms with van der Waals surface area (Å²) in [5.74, 6) is 0. The third kappa shape index (κ3) is 2.60. The molecule has 2 aromatic heterocycles. The van der Waals surface area contributed by atoms with Crippen LogP contribution in [0.4, 0.5) is 5.69 Å². The van der Waals surface area contributed by atoms with Crippen molar-refractivity contribution in [2.45, 2.75) is 6.54 Å². The second-order valence-corrected chi connectivity index (χ2v) is 5.57. The number of thiophene rings is 1. The van der Waals surface area contributed by atoms with Crippen molar-refractivity contribution in [1.29, 1.82) is 0 Å².